The highest BCUT2D eigenvalue weighted by Crippen LogP contribution is 2.16. The fourth-order valence-corrected chi connectivity index (χ4v) is 2.01. The lowest BCUT2D eigenvalue weighted by Crippen LogP contribution is -2.49. The van der Waals surface area contributed by atoms with Crippen LogP contribution in [0.25, 0.3) is 0 Å². The molecule has 0 spiro atoms. The number of oxime groups is 1. The topological polar surface area (TPSA) is 91.0 Å². The summed E-state index contributed by atoms with van der Waals surface area (Å²) in [5, 5.41) is 14.4. The van der Waals surface area contributed by atoms with Gasteiger partial charge in [-0.25, -0.2) is 0 Å². The van der Waals surface area contributed by atoms with E-state index in [1.54, 1.807) is 13.8 Å². The summed E-state index contributed by atoms with van der Waals surface area (Å²) in [7, 11) is 0. The lowest BCUT2D eigenvalue weighted by molar-refractivity contribution is -0.126. The number of likely N-dealkylation sites (tertiary alicyclic amines) is 1. The van der Waals surface area contributed by atoms with E-state index < -0.39 is 5.41 Å². The van der Waals surface area contributed by atoms with Crippen molar-refractivity contribution in [2.24, 2.45) is 16.3 Å². The van der Waals surface area contributed by atoms with E-state index in [0.717, 1.165) is 13.1 Å². The number of hydrogen-bond acceptors (Lipinski definition) is 4. The average Bonchev–Trinajstić information content (AvgIpc) is 2.87. The van der Waals surface area contributed by atoms with Crippen LogP contribution >= 0.6 is 0 Å². The Balaban J connectivity index is 2.45. The third-order valence-corrected chi connectivity index (χ3v) is 3.64. The van der Waals surface area contributed by atoms with Crippen LogP contribution in [0.5, 0.6) is 0 Å². The number of amides is 1. The third kappa shape index (κ3) is 3.35. The van der Waals surface area contributed by atoms with Crippen molar-refractivity contribution >= 4 is 11.7 Å². The van der Waals surface area contributed by atoms with Gasteiger partial charge in [0.25, 0.3) is 0 Å². The van der Waals surface area contributed by atoms with Crippen molar-refractivity contribution in [2.75, 3.05) is 19.6 Å². The largest absolute Gasteiger partial charge is 0.409 e. The molecule has 1 aliphatic rings. The van der Waals surface area contributed by atoms with Gasteiger partial charge in [-0.05, 0) is 46.7 Å². The lowest BCUT2D eigenvalue weighted by Gasteiger charge is -2.27. The number of nitrogens with zero attached hydrogens (tertiary/aromatic N) is 2. The maximum atomic E-state index is 12.0. The molecule has 0 saturated carbocycles. The third-order valence-electron chi connectivity index (χ3n) is 3.64. The Kier molecular flexibility index (Phi) is 4.95. The molecule has 1 heterocycles. The first-order valence-corrected chi connectivity index (χ1v) is 6.40. The number of carbonyl (C=O) groups is 1. The molecule has 0 aliphatic carbocycles. The van der Waals surface area contributed by atoms with E-state index in [1.165, 1.54) is 12.8 Å². The molecule has 1 fully saturated rings. The van der Waals surface area contributed by atoms with Gasteiger partial charge in [0.2, 0.25) is 5.91 Å². The summed E-state index contributed by atoms with van der Waals surface area (Å²) in [5.41, 5.74) is 4.52. The Bertz CT molecular complexity index is 322. The van der Waals surface area contributed by atoms with Crippen LogP contribution in [-0.4, -0.2) is 47.5 Å². The molecule has 1 amide bonds. The van der Waals surface area contributed by atoms with Crippen molar-refractivity contribution in [3.63, 3.8) is 0 Å². The number of carbonyl (C=O) groups excluding carboxylic acids is 1. The summed E-state index contributed by atoms with van der Waals surface area (Å²) in [6.45, 7) is 8.15. The van der Waals surface area contributed by atoms with E-state index in [-0.39, 0.29) is 11.7 Å². The Morgan fingerprint density at radius 2 is 2.06 bits per heavy atom. The minimum absolute atomic E-state index is 0.0752. The molecule has 6 heteroatoms. The van der Waals surface area contributed by atoms with E-state index in [9.17, 15) is 4.79 Å². The van der Waals surface area contributed by atoms with Crippen molar-refractivity contribution in [2.45, 2.75) is 39.7 Å². The van der Waals surface area contributed by atoms with Crippen LogP contribution in [0.2, 0.25) is 0 Å². The van der Waals surface area contributed by atoms with Gasteiger partial charge < -0.3 is 16.3 Å². The minimum Gasteiger partial charge on any atom is -0.409 e. The highest BCUT2D eigenvalue weighted by atomic mass is 16.4. The van der Waals surface area contributed by atoms with Gasteiger partial charge in [0, 0.05) is 12.6 Å². The van der Waals surface area contributed by atoms with E-state index in [0.29, 0.717) is 12.6 Å². The standard InChI is InChI=1S/C12H24N4O2/c1-9(16-6-4-5-7-16)8-14-11(17)12(2,3)10(13)15-18/h9,18H,4-8H2,1-3H3,(H2,13,15)(H,14,17). The maximum Gasteiger partial charge on any atom is 0.233 e. The van der Waals surface area contributed by atoms with Crippen LogP contribution in [0.1, 0.15) is 33.6 Å². The molecule has 0 radical (unpaired) electrons. The normalized spacial score (nSPS) is 19.8. The fraction of sp³-hybridized carbons (Fsp3) is 0.833. The van der Waals surface area contributed by atoms with Gasteiger partial charge in [0.15, 0.2) is 5.84 Å². The predicted molar refractivity (Wildman–Crippen MR) is 70.5 cm³/mol. The molecule has 18 heavy (non-hydrogen) atoms. The second-order valence-corrected chi connectivity index (χ2v) is 5.41. The number of amidine groups is 1. The Labute approximate surface area is 108 Å². The molecule has 0 bridgehead atoms. The lowest BCUT2D eigenvalue weighted by atomic mass is 9.91. The van der Waals surface area contributed by atoms with Gasteiger partial charge in [-0.3, -0.25) is 9.69 Å². The van der Waals surface area contributed by atoms with E-state index in [2.05, 4.69) is 22.3 Å². The molecule has 4 N–H and O–H groups in total. The van der Waals surface area contributed by atoms with Gasteiger partial charge in [-0.2, -0.15) is 0 Å². The van der Waals surface area contributed by atoms with Crippen LogP contribution in [0.15, 0.2) is 5.16 Å². The van der Waals surface area contributed by atoms with Gasteiger partial charge in [-0.1, -0.05) is 5.16 Å². The molecule has 0 aromatic carbocycles. The molecule has 0 aromatic rings. The van der Waals surface area contributed by atoms with Crippen molar-refractivity contribution < 1.29 is 10.0 Å². The van der Waals surface area contributed by atoms with Gasteiger partial charge in [-0.15, -0.1) is 0 Å². The van der Waals surface area contributed by atoms with Crippen LogP contribution in [0.3, 0.4) is 0 Å². The molecule has 1 rings (SSSR count). The van der Waals surface area contributed by atoms with Crippen molar-refractivity contribution in [1.82, 2.24) is 10.2 Å². The van der Waals surface area contributed by atoms with E-state index in [4.69, 9.17) is 10.9 Å². The van der Waals surface area contributed by atoms with Crippen molar-refractivity contribution in [3.05, 3.63) is 0 Å². The Morgan fingerprint density at radius 3 is 2.56 bits per heavy atom. The molecule has 0 aromatic heterocycles. The maximum absolute atomic E-state index is 12.0. The van der Waals surface area contributed by atoms with Gasteiger partial charge in [0.05, 0.1) is 0 Å². The number of nitrogens with two attached hydrogens (primary N) is 1. The molecule has 1 unspecified atom stereocenters. The average molecular weight is 256 g/mol. The molecular formula is C12H24N4O2. The Hall–Kier alpha value is -1.30. The van der Waals surface area contributed by atoms with Gasteiger partial charge in [0.1, 0.15) is 5.41 Å². The zero-order valence-electron chi connectivity index (χ0n) is 11.4. The summed E-state index contributed by atoms with van der Waals surface area (Å²) in [6, 6.07) is 0.319. The summed E-state index contributed by atoms with van der Waals surface area (Å²) < 4.78 is 0. The summed E-state index contributed by atoms with van der Waals surface area (Å²) in [5.74, 6) is -0.294. The summed E-state index contributed by atoms with van der Waals surface area (Å²) >= 11 is 0. The van der Waals surface area contributed by atoms with Crippen LogP contribution < -0.4 is 11.1 Å². The SMILES string of the molecule is CC(CNC(=O)C(C)(C)C(N)=NO)N1CCCC1. The van der Waals surface area contributed by atoms with E-state index >= 15 is 0 Å². The molecule has 1 atom stereocenters. The first-order valence-electron chi connectivity index (χ1n) is 6.40. The number of hydrogen-bond donors (Lipinski definition) is 3. The first-order chi connectivity index (χ1) is 8.39. The van der Waals surface area contributed by atoms with Gasteiger partial charge >= 0.3 is 0 Å². The fourth-order valence-electron chi connectivity index (χ4n) is 2.01. The molecule has 104 valence electrons. The number of rotatable bonds is 5. The summed E-state index contributed by atoms with van der Waals surface area (Å²) in [4.78, 5) is 14.3. The van der Waals surface area contributed by atoms with E-state index in [1.807, 2.05) is 0 Å². The van der Waals surface area contributed by atoms with Crippen LogP contribution in [-0.2, 0) is 4.79 Å². The number of nitrogens with one attached hydrogen (secondary N) is 1. The molecule has 6 nitrogen and oxygen atoms in total. The first kappa shape index (κ1) is 14.8. The smallest absolute Gasteiger partial charge is 0.233 e. The summed E-state index contributed by atoms with van der Waals surface area (Å²) in [6.07, 6.45) is 2.46. The second kappa shape index (κ2) is 6.04. The molecule has 1 aliphatic heterocycles. The highest BCUT2D eigenvalue weighted by molar-refractivity contribution is 6.05. The molecule has 1 saturated heterocycles. The minimum atomic E-state index is -0.987. The zero-order valence-corrected chi connectivity index (χ0v) is 11.4. The van der Waals surface area contributed by atoms with Crippen molar-refractivity contribution in [1.29, 1.82) is 0 Å². The predicted octanol–water partition coefficient (Wildman–Crippen LogP) is 0.360. The highest BCUT2D eigenvalue weighted by Gasteiger charge is 2.33. The monoisotopic (exact) mass is 256 g/mol. The Morgan fingerprint density at radius 1 is 1.50 bits per heavy atom. The molecular weight excluding hydrogens is 232 g/mol. The van der Waals surface area contributed by atoms with Crippen LogP contribution in [0, 0.1) is 5.41 Å². The zero-order chi connectivity index (χ0) is 13.8. The van der Waals surface area contributed by atoms with Crippen molar-refractivity contribution in [3.8, 4) is 0 Å². The quantitative estimate of drug-likeness (QED) is 0.287. The second-order valence-electron chi connectivity index (χ2n) is 5.41. The van der Waals surface area contributed by atoms with Crippen LogP contribution in [0.4, 0.5) is 0 Å².